The fourth-order valence-corrected chi connectivity index (χ4v) is 2.18. The van der Waals surface area contributed by atoms with Gasteiger partial charge in [-0.15, -0.1) is 0 Å². The number of nitrogens with one attached hydrogen (secondary N) is 1. The quantitative estimate of drug-likeness (QED) is 0.803. The molecule has 2 rings (SSSR count). The van der Waals surface area contributed by atoms with Crippen LogP contribution < -0.4 is 10.9 Å². The highest BCUT2D eigenvalue weighted by Gasteiger charge is 2.00. The highest BCUT2D eigenvalue weighted by molar-refractivity contribution is 7.98. The van der Waals surface area contributed by atoms with E-state index in [0.29, 0.717) is 12.2 Å². The van der Waals surface area contributed by atoms with Crippen molar-refractivity contribution in [3.63, 3.8) is 0 Å². The van der Waals surface area contributed by atoms with Crippen LogP contribution in [0.5, 0.6) is 0 Å². The van der Waals surface area contributed by atoms with Gasteiger partial charge in [0.25, 0.3) is 5.56 Å². The molecular weight excluding hydrogens is 246 g/mol. The number of nitrogens with zero attached hydrogens (tertiary/aromatic N) is 2. The Kier molecular flexibility index (Phi) is 4.78. The summed E-state index contributed by atoms with van der Waals surface area (Å²) in [6.45, 7) is 1.60. The van der Waals surface area contributed by atoms with Gasteiger partial charge in [0.2, 0.25) is 0 Å². The zero-order chi connectivity index (χ0) is 12.8. The Morgan fingerprint density at radius 3 is 3.17 bits per heavy atom. The summed E-state index contributed by atoms with van der Waals surface area (Å²) in [6.07, 6.45) is 4.97. The van der Waals surface area contributed by atoms with Gasteiger partial charge >= 0.3 is 0 Å². The molecule has 0 aromatic carbocycles. The second-order valence-electron chi connectivity index (χ2n) is 4.04. The van der Waals surface area contributed by atoms with Crippen molar-refractivity contribution >= 4 is 17.4 Å². The SMILES string of the molecule is CSCCCNCc1cc(=O)n2ccccc2n1. The minimum absolute atomic E-state index is 0.0264. The van der Waals surface area contributed by atoms with E-state index in [4.69, 9.17) is 0 Å². The van der Waals surface area contributed by atoms with E-state index in [2.05, 4.69) is 16.6 Å². The average molecular weight is 263 g/mol. The van der Waals surface area contributed by atoms with Crippen molar-refractivity contribution in [2.24, 2.45) is 0 Å². The molecule has 2 heterocycles. The minimum atomic E-state index is -0.0264. The van der Waals surface area contributed by atoms with Gasteiger partial charge in [0.15, 0.2) is 0 Å². The van der Waals surface area contributed by atoms with Crippen molar-refractivity contribution in [2.45, 2.75) is 13.0 Å². The third-order valence-corrected chi connectivity index (χ3v) is 3.33. The van der Waals surface area contributed by atoms with Crippen LogP contribution in [0.15, 0.2) is 35.3 Å². The monoisotopic (exact) mass is 263 g/mol. The van der Waals surface area contributed by atoms with Gasteiger partial charge in [-0.05, 0) is 37.1 Å². The lowest BCUT2D eigenvalue weighted by Gasteiger charge is -2.05. The highest BCUT2D eigenvalue weighted by atomic mass is 32.2. The number of thioether (sulfide) groups is 1. The molecule has 4 nitrogen and oxygen atoms in total. The summed E-state index contributed by atoms with van der Waals surface area (Å²) in [6, 6.07) is 7.15. The largest absolute Gasteiger partial charge is 0.311 e. The van der Waals surface area contributed by atoms with Crippen LogP contribution in [-0.2, 0) is 6.54 Å². The van der Waals surface area contributed by atoms with Crippen LogP contribution in [0.3, 0.4) is 0 Å². The predicted molar refractivity (Wildman–Crippen MR) is 76.2 cm³/mol. The van der Waals surface area contributed by atoms with Crippen LogP contribution >= 0.6 is 11.8 Å². The summed E-state index contributed by atoms with van der Waals surface area (Å²) < 4.78 is 1.55. The summed E-state index contributed by atoms with van der Waals surface area (Å²) in [5.74, 6) is 1.15. The number of aromatic nitrogens is 2. The van der Waals surface area contributed by atoms with Crippen LogP contribution in [-0.4, -0.2) is 27.9 Å². The maximum Gasteiger partial charge on any atom is 0.258 e. The Hall–Kier alpha value is -1.33. The number of hydrogen-bond donors (Lipinski definition) is 1. The summed E-state index contributed by atoms with van der Waals surface area (Å²) in [7, 11) is 0. The van der Waals surface area contributed by atoms with Crippen molar-refractivity contribution in [2.75, 3.05) is 18.6 Å². The van der Waals surface area contributed by atoms with Crippen molar-refractivity contribution in [1.29, 1.82) is 0 Å². The lowest BCUT2D eigenvalue weighted by Crippen LogP contribution is -2.20. The molecule has 2 aromatic heterocycles. The fraction of sp³-hybridized carbons (Fsp3) is 0.385. The van der Waals surface area contributed by atoms with Crippen molar-refractivity contribution in [3.8, 4) is 0 Å². The van der Waals surface area contributed by atoms with E-state index < -0.39 is 0 Å². The molecule has 0 radical (unpaired) electrons. The molecule has 0 atom stereocenters. The van der Waals surface area contributed by atoms with Gasteiger partial charge in [-0.1, -0.05) is 6.07 Å². The lowest BCUT2D eigenvalue weighted by molar-refractivity contribution is 0.666. The van der Waals surface area contributed by atoms with Crippen LogP contribution in [0.4, 0.5) is 0 Å². The van der Waals surface area contributed by atoms with E-state index in [1.54, 1.807) is 16.7 Å². The summed E-state index contributed by atoms with van der Waals surface area (Å²) in [5.41, 5.74) is 1.47. The number of rotatable bonds is 6. The van der Waals surface area contributed by atoms with E-state index in [1.165, 1.54) is 0 Å². The van der Waals surface area contributed by atoms with E-state index >= 15 is 0 Å². The molecule has 96 valence electrons. The Morgan fingerprint density at radius 1 is 1.44 bits per heavy atom. The van der Waals surface area contributed by atoms with Gasteiger partial charge in [0, 0.05) is 18.8 Å². The van der Waals surface area contributed by atoms with Gasteiger partial charge in [-0.3, -0.25) is 9.20 Å². The molecule has 0 aliphatic heterocycles. The first kappa shape index (κ1) is 13.1. The molecular formula is C13H17N3OS. The van der Waals surface area contributed by atoms with Crippen LogP contribution in [0.25, 0.3) is 5.65 Å². The van der Waals surface area contributed by atoms with Crippen LogP contribution in [0, 0.1) is 0 Å². The molecule has 0 amide bonds. The fourth-order valence-electron chi connectivity index (χ4n) is 1.75. The molecule has 18 heavy (non-hydrogen) atoms. The maximum atomic E-state index is 11.8. The van der Waals surface area contributed by atoms with Gasteiger partial charge in [-0.2, -0.15) is 11.8 Å². The molecule has 0 bridgehead atoms. The topological polar surface area (TPSA) is 46.4 Å². The summed E-state index contributed by atoms with van der Waals surface area (Å²) in [5, 5.41) is 3.30. The standard InChI is InChI=1S/C13H17N3OS/c1-18-8-4-6-14-10-11-9-13(17)16-7-3-2-5-12(16)15-11/h2-3,5,7,9,14H,4,6,8,10H2,1H3. The number of pyridine rings is 1. The molecule has 0 fully saturated rings. The lowest BCUT2D eigenvalue weighted by atomic mass is 10.3. The van der Waals surface area contributed by atoms with Crippen molar-refractivity contribution in [1.82, 2.24) is 14.7 Å². The Morgan fingerprint density at radius 2 is 2.33 bits per heavy atom. The molecule has 1 N–H and O–H groups in total. The molecule has 2 aromatic rings. The number of hydrogen-bond acceptors (Lipinski definition) is 4. The molecule has 0 saturated carbocycles. The molecule has 5 heteroatoms. The van der Waals surface area contributed by atoms with Gasteiger partial charge < -0.3 is 5.32 Å². The molecule has 0 unspecified atom stereocenters. The Balaban J connectivity index is 2.03. The first-order chi connectivity index (χ1) is 8.81. The van der Waals surface area contributed by atoms with Crippen molar-refractivity contribution in [3.05, 3.63) is 46.5 Å². The second-order valence-corrected chi connectivity index (χ2v) is 5.02. The Bertz CT molecular complexity index is 567. The van der Waals surface area contributed by atoms with Crippen LogP contribution in [0.1, 0.15) is 12.1 Å². The maximum absolute atomic E-state index is 11.8. The van der Waals surface area contributed by atoms with E-state index in [1.807, 2.05) is 30.0 Å². The predicted octanol–water partition coefficient (Wildman–Crippen LogP) is 1.54. The Labute approximate surface area is 110 Å². The number of fused-ring (bicyclic) bond motifs is 1. The third-order valence-electron chi connectivity index (χ3n) is 2.63. The third kappa shape index (κ3) is 3.34. The van der Waals surface area contributed by atoms with E-state index in [0.717, 1.165) is 24.4 Å². The smallest absolute Gasteiger partial charge is 0.258 e. The first-order valence-corrected chi connectivity index (χ1v) is 7.37. The van der Waals surface area contributed by atoms with E-state index in [9.17, 15) is 4.79 Å². The molecule has 0 aliphatic rings. The average Bonchev–Trinajstić information content (AvgIpc) is 2.39. The molecule has 0 spiro atoms. The van der Waals surface area contributed by atoms with Gasteiger partial charge in [0.1, 0.15) is 5.65 Å². The van der Waals surface area contributed by atoms with E-state index in [-0.39, 0.29) is 5.56 Å². The summed E-state index contributed by atoms with van der Waals surface area (Å²) >= 11 is 1.84. The zero-order valence-corrected chi connectivity index (χ0v) is 11.2. The molecule has 0 aliphatic carbocycles. The normalized spacial score (nSPS) is 10.9. The highest BCUT2D eigenvalue weighted by Crippen LogP contribution is 1.99. The summed E-state index contributed by atoms with van der Waals surface area (Å²) in [4.78, 5) is 16.3. The zero-order valence-electron chi connectivity index (χ0n) is 10.4. The minimum Gasteiger partial charge on any atom is -0.311 e. The van der Waals surface area contributed by atoms with Crippen LogP contribution in [0.2, 0.25) is 0 Å². The van der Waals surface area contributed by atoms with Crippen molar-refractivity contribution < 1.29 is 0 Å². The van der Waals surface area contributed by atoms with Gasteiger partial charge in [-0.25, -0.2) is 4.98 Å². The molecule has 0 saturated heterocycles. The van der Waals surface area contributed by atoms with Gasteiger partial charge in [0.05, 0.1) is 5.69 Å². The second kappa shape index (κ2) is 6.56. The first-order valence-electron chi connectivity index (χ1n) is 5.98.